The number of benzene rings is 1. The van der Waals surface area contributed by atoms with Crippen molar-refractivity contribution in [2.45, 2.75) is 19.5 Å². The van der Waals surface area contributed by atoms with E-state index in [4.69, 9.17) is 4.74 Å². The van der Waals surface area contributed by atoms with Crippen molar-refractivity contribution < 1.29 is 4.74 Å². The fraction of sp³-hybridized carbons (Fsp3) is 0.471. The Morgan fingerprint density at radius 2 is 2.27 bits per heavy atom. The van der Waals surface area contributed by atoms with Crippen LogP contribution >= 0.6 is 0 Å². The number of hydrogen-bond donors (Lipinski definition) is 1. The molecule has 1 saturated heterocycles. The van der Waals surface area contributed by atoms with Gasteiger partial charge in [-0.1, -0.05) is 12.1 Å². The Hall–Kier alpha value is -1.85. The topological polar surface area (TPSA) is 42.3 Å². The van der Waals surface area contributed by atoms with E-state index in [1.807, 2.05) is 12.4 Å². The zero-order valence-corrected chi connectivity index (χ0v) is 13.5. The lowest BCUT2D eigenvalue weighted by molar-refractivity contribution is 0.144. The van der Waals surface area contributed by atoms with Crippen LogP contribution < -0.4 is 10.1 Å². The van der Waals surface area contributed by atoms with Crippen LogP contribution in [0, 0.1) is 6.92 Å². The molecule has 1 aromatic carbocycles. The largest absolute Gasteiger partial charge is 0.496 e. The van der Waals surface area contributed by atoms with Gasteiger partial charge in [-0.2, -0.15) is 0 Å². The molecule has 118 valence electrons. The zero-order chi connectivity index (χ0) is 15.5. The number of aryl methyl sites for hydroxylation is 2. The van der Waals surface area contributed by atoms with Crippen molar-refractivity contribution in [3.63, 3.8) is 0 Å². The molecule has 1 aliphatic rings. The molecule has 1 unspecified atom stereocenters. The number of hydrogen-bond acceptors (Lipinski definition) is 4. The summed E-state index contributed by atoms with van der Waals surface area (Å²) in [6.45, 7) is 6.03. The maximum Gasteiger partial charge on any atom is 0.127 e. The van der Waals surface area contributed by atoms with Gasteiger partial charge in [0.15, 0.2) is 0 Å². The van der Waals surface area contributed by atoms with Crippen LogP contribution in [0.3, 0.4) is 0 Å². The van der Waals surface area contributed by atoms with Crippen LogP contribution in [0.1, 0.15) is 23.0 Å². The van der Waals surface area contributed by atoms with E-state index in [1.54, 1.807) is 7.11 Å². The smallest absolute Gasteiger partial charge is 0.127 e. The first kappa shape index (κ1) is 15.1. The van der Waals surface area contributed by atoms with Gasteiger partial charge in [0.1, 0.15) is 11.6 Å². The van der Waals surface area contributed by atoms with Crippen molar-refractivity contribution in [3.05, 3.63) is 47.5 Å². The molecule has 0 aliphatic carbocycles. The van der Waals surface area contributed by atoms with Gasteiger partial charge in [0.2, 0.25) is 0 Å². The third-order valence-corrected chi connectivity index (χ3v) is 4.36. The molecule has 0 saturated carbocycles. The Bertz CT molecular complexity index is 637. The van der Waals surface area contributed by atoms with Crippen LogP contribution in [0.5, 0.6) is 5.75 Å². The molecule has 5 heteroatoms. The first-order chi connectivity index (χ1) is 10.7. The van der Waals surface area contributed by atoms with E-state index >= 15 is 0 Å². The fourth-order valence-electron chi connectivity index (χ4n) is 3.16. The van der Waals surface area contributed by atoms with Crippen molar-refractivity contribution in [2.24, 2.45) is 7.05 Å². The molecule has 22 heavy (non-hydrogen) atoms. The highest BCUT2D eigenvalue weighted by Crippen LogP contribution is 2.25. The molecule has 0 spiro atoms. The molecule has 5 nitrogen and oxygen atoms in total. The Morgan fingerprint density at radius 1 is 1.41 bits per heavy atom. The number of rotatable bonds is 4. The van der Waals surface area contributed by atoms with Gasteiger partial charge in [-0.25, -0.2) is 4.98 Å². The van der Waals surface area contributed by atoms with E-state index in [-0.39, 0.29) is 0 Å². The van der Waals surface area contributed by atoms with E-state index in [9.17, 15) is 0 Å². The highest BCUT2D eigenvalue weighted by molar-refractivity contribution is 5.36. The highest BCUT2D eigenvalue weighted by atomic mass is 16.5. The quantitative estimate of drug-likeness (QED) is 0.936. The summed E-state index contributed by atoms with van der Waals surface area (Å²) in [7, 11) is 3.78. The van der Waals surface area contributed by atoms with Gasteiger partial charge in [0.25, 0.3) is 0 Å². The molecule has 1 atom stereocenters. The molecule has 0 bridgehead atoms. The van der Waals surface area contributed by atoms with Crippen LogP contribution in [0.2, 0.25) is 0 Å². The predicted octanol–water partition coefficient (Wildman–Crippen LogP) is 1.88. The summed E-state index contributed by atoms with van der Waals surface area (Å²) < 4.78 is 7.46. The number of ether oxygens (including phenoxy) is 1. The molecule has 3 rings (SSSR count). The second-order valence-corrected chi connectivity index (χ2v) is 5.89. The van der Waals surface area contributed by atoms with E-state index in [0.29, 0.717) is 6.04 Å². The minimum Gasteiger partial charge on any atom is -0.496 e. The third-order valence-electron chi connectivity index (χ3n) is 4.36. The van der Waals surface area contributed by atoms with Gasteiger partial charge >= 0.3 is 0 Å². The SMILES string of the molecule is COc1ccc(CN2CCNCC2c2nccn2C)cc1C. The second kappa shape index (κ2) is 6.50. The summed E-state index contributed by atoms with van der Waals surface area (Å²) in [5.41, 5.74) is 2.50. The average Bonchev–Trinajstić information content (AvgIpc) is 2.94. The molecular weight excluding hydrogens is 276 g/mol. The second-order valence-electron chi connectivity index (χ2n) is 5.89. The number of imidazole rings is 1. The standard InChI is InChI=1S/C17H24N4O/c1-13-10-14(4-5-16(13)22-3)12-21-9-6-18-11-15(21)17-19-7-8-20(17)2/h4-5,7-8,10,15,18H,6,9,11-12H2,1-3H3. The number of aromatic nitrogens is 2. The predicted molar refractivity (Wildman–Crippen MR) is 87.0 cm³/mol. The first-order valence-corrected chi connectivity index (χ1v) is 7.74. The normalized spacial score (nSPS) is 19.3. The van der Waals surface area contributed by atoms with Gasteiger partial charge in [-0.15, -0.1) is 0 Å². The monoisotopic (exact) mass is 300 g/mol. The zero-order valence-electron chi connectivity index (χ0n) is 13.5. The average molecular weight is 300 g/mol. The van der Waals surface area contributed by atoms with E-state index in [1.165, 1.54) is 11.1 Å². The number of nitrogens with zero attached hydrogens (tertiary/aromatic N) is 3. The number of nitrogens with one attached hydrogen (secondary N) is 1. The van der Waals surface area contributed by atoms with Crippen LogP contribution in [0.25, 0.3) is 0 Å². The number of piperazine rings is 1. The summed E-state index contributed by atoms with van der Waals surface area (Å²) in [5.74, 6) is 2.07. The van der Waals surface area contributed by atoms with E-state index in [0.717, 1.165) is 37.8 Å². The van der Waals surface area contributed by atoms with E-state index in [2.05, 4.69) is 51.9 Å². The molecule has 0 amide bonds. The van der Waals surface area contributed by atoms with Crippen molar-refractivity contribution in [3.8, 4) is 5.75 Å². The maximum atomic E-state index is 5.35. The fourth-order valence-corrected chi connectivity index (χ4v) is 3.16. The van der Waals surface area contributed by atoms with Crippen molar-refractivity contribution in [1.29, 1.82) is 0 Å². The Kier molecular flexibility index (Phi) is 4.45. The summed E-state index contributed by atoms with van der Waals surface area (Å²) in [4.78, 5) is 7.04. The molecule has 1 aromatic heterocycles. The number of methoxy groups -OCH3 is 1. The van der Waals surface area contributed by atoms with Crippen molar-refractivity contribution in [1.82, 2.24) is 19.8 Å². The molecule has 0 radical (unpaired) electrons. The molecule has 2 aromatic rings. The molecule has 1 N–H and O–H groups in total. The van der Waals surface area contributed by atoms with E-state index < -0.39 is 0 Å². The van der Waals surface area contributed by atoms with Crippen molar-refractivity contribution in [2.75, 3.05) is 26.7 Å². The Balaban J connectivity index is 1.80. The third kappa shape index (κ3) is 3.00. The van der Waals surface area contributed by atoms with Crippen LogP contribution in [0.4, 0.5) is 0 Å². The lowest BCUT2D eigenvalue weighted by Gasteiger charge is -2.35. The minimum absolute atomic E-state index is 0.316. The maximum absolute atomic E-state index is 5.35. The molecule has 1 fully saturated rings. The first-order valence-electron chi connectivity index (χ1n) is 7.74. The van der Waals surface area contributed by atoms with Gasteiger partial charge in [0, 0.05) is 45.6 Å². The highest BCUT2D eigenvalue weighted by Gasteiger charge is 2.26. The van der Waals surface area contributed by atoms with Gasteiger partial charge in [-0.3, -0.25) is 4.90 Å². The van der Waals surface area contributed by atoms with Gasteiger partial charge in [-0.05, 0) is 24.1 Å². The lowest BCUT2D eigenvalue weighted by Crippen LogP contribution is -2.46. The molecule has 1 aliphatic heterocycles. The Morgan fingerprint density at radius 3 is 2.95 bits per heavy atom. The van der Waals surface area contributed by atoms with Gasteiger partial charge < -0.3 is 14.6 Å². The molecule has 2 heterocycles. The van der Waals surface area contributed by atoms with Crippen LogP contribution in [0.15, 0.2) is 30.6 Å². The summed E-state index contributed by atoms with van der Waals surface area (Å²) in [5, 5.41) is 3.48. The van der Waals surface area contributed by atoms with Gasteiger partial charge in [0.05, 0.1) is 13.2 Å². The van der Waals surface area contributed by atoms with Crippen LogP contribution in [-0.2, 0) is 13.6 Å². The molecular formula is C17H24N4O. The summed E-state index contributed by atoms with van der Waals surface area (Å²) in [6, 6.07) is 6.75. The Labute approximate surface area is 131 Å². The van der Waals surface area contributed by atoms with Crippen molar-refractivity contribution >= 4 is 0 Å². The minimum atomic E-state index is 0.316. The lowest BCUT2D eigenvalue weighted by atomic mass is 10.1. The summed E-state index contributed by atoms with van der Waals surface area (Å²) >= 11 is 0. The van der Waals surface area contributed by atoms with Crippen LogP contribution in [-0.4, -0.2) is 41.2 Å². The summed E-state index contributed by atoms with van der Waals surface area (Å²) in [6.07, 6.45) is 3.89.